The smallest absolute Gasteiger partial charge is 0.270 e. The summed E-state index contributed by atoms with van der Waals surface area (Å²) < 4.78 is 31.2. The van der Waals surface area contributed by atoms with Crippen LogP contribution in [0.15, 0.2) is 4.74 Å². The lowest BCUT2D eigenvalue weighted by Gasteiger charge is -2.53. The van der Waals surface area contributed by atoms with Gasteiger partial charge in [-0.25, -0.2) is 18.7 Å². The minimum absolute atomic E-state index is 0.0629. The highest BCUT2D eigenvalue weighted by Gasteiger charge is 2.42. The SMILES string of the molecule is CN=P(N(C)C)(N(C)C)N(C(C)CCN(C)P(=O)(N(C)C)N(C)C)C(C)(C)C. The summed E-state index contributed by atoms with van der Waals surface area (Å²) in [6.07, 6.45) is 0.901. The number of hydrogen-bond donors (Lipinski definition) is 0. The Labute approximate surface area is 175 Å². The summed E-state index contributed by atoms with van der Waals surface area (Å²) in [6.45, 7) is 9.77. The Balaban J connectivity index is 5.89. The molecule has 170 valence electrons. The van der Waals surface area contributed by atoms with Crippen LogP contribution in [0.25, 0.3) is 0 Å². The van der Waals surface area contributed by atoms with E-state index >= 15 is 0 Å². The van der Waals surface area contributed by atoms with Crippen LogP contribution in [0.4, 0.5) is 0 Å². The predicted octanol–water partition coefficient (Wildman–Crippen LogP) is 3.73. The zero-order valence-electron chi connectivity index (χ0n) is 20.9. The van der Waals surface area contributed by atoms with Crippen molar-refractivity contribution >= 4 is 15.1 Å². The second-order valence-electron chi connectivity index (χ2n) is 9.17. The zero-order chi connectivity index (χ0) is 22.7. The van der Waals surface area contributed by atoms with Gasteiger partial charge in [0.25, 0.3) is 7.59 Å². The Hall–Kier alpha value is 0.220. The number of hydrogen-bond acceptors (Lipinski definition) is 2. The van der Waals surface area contributed by atoms with Gasteiger partial charge in [-0.05, 0) is 97.5 Å². The summed E-state index contributed by atoms with van der Waals surface area (Å²) >= 11 is 0. The quantitative estimate of drug-likeness (QED) is 0.481. The highest BCUT2D eigenvalue weighted by molar-refractivity contribution is 7.59. The first-order valence-electron chi connectivity index (χ1n) is 9.84. The second kappa shape index (κ2) is 10.5. The zero-order valence-corrected chi connectivity index (χ0v) is 22.7. The minimum Gasteiger partial charge on any atom is -0.270 e. The van der Waals surface area contributed by atoms with Crippen molar-refractivity contribution < 1.29 is 4.57 Å². The van der Waals surface area contributed by atoms with Crippen molar-refractivity contribution in [3.8, 4) is 0 Å². The summed E-state index contributed by atoms with van der Waals surface area (Å²) in [6, 6.07) is 0.266. The van der Waals surface area contributed by atoms with Gasteiger partial charge in [-0.1, -0.05) is 0 Å². The van der Waals surface area contributed by atoms with Gasteiger partial charge in [0, 0.05) is 25.2 Å². The van der Waals surface area contributed by atoms with Crippen LogP contribution in [0.5, 0.6) is 0 Å². The van der Waals surface area contributed by atoms with E-state index in [1.165, 1.54) is 0 Å². The van der Waals surface area contributed by atoms with Crippen molar-refractivity contribution in [2.45, 2.75) is 45.7 Å². The van der Waals surface area contributed by atoms with Crippen LogP contribution in [0.2, 0.25) is 0 Å². The highest BCUT2D eigenvalue weighted by Crippen LogP contribution is 2.60. The molecule has 8 nitrogen and oxygen atoms in total. The highest BCUT2D eigenvalue weighted by atomic mass is 31.2. The fourth-order valence-corrected chi connectivity index (χ4v) is 10.3. The van der Waals surface area contributed by atoms with E-state index in [0.29, 0.717) is 0 Å². The topological polar surface area (TPSA) is 48.9 Å². The molecule has 0 amide bonds. The minimum atomic E-state index is -2.72. The van der Waals surface area contributed by atoms with Gasteiger partial charge < -0.3 is 0 Å². The monoisotopic (exact) mass is 439 g/mol. The van der Waals surface area contributed by atoms with Gasteiger partial charge in [0.05, 0.1) is 0 Å². The van der Waals surface area contributed by atoms with Crippen molar-refractivity contribution in [3.63, 3.8) is 0 Å². The molecule has 0 spiro atoms. The lowest BCUT2D eigenvalue weighted by atomic mass is 10.1. The van der Waals surface area contributed by atoms with Crippen LogP contribution >= 0.6 is 15.1 Å². The van der Waals surface area contributed by atoms with E-state index in [2.05, 4.69) is 69.9 Å². The lowest BCUT2D eigenvalue weighted by molar-refractivity contribution is 0.172. The van der Waals surface area contributed by atoms with Gasteiger partial charge in [0.1, 0.15) is 0 Å². The molecule has 10 heteroatoms. The van der Waals surface area contributed by atoms with Gasteiger partial charge in [0.15, 0.2) is 7.51 Å². The first kappa shape index (κ1) is 28.2. The predicted molar refractivity (Wildman–Crippen MR) is 126 cm³/mol. The molecule has 0 saturated carbocycles. The van der Waals surface area contributed by atoms with E-state index in [0.717, 1.165) is 13.0 Å². The number of rotatable bonds is 10. The first-order valence-corrected chi connectivity index (χ1v) is 13.0. The van der Waals surface area contributed by atoms with Crippen LogP contribution < -0.4 is 0 Å². The molecule has 0 aliphatic rings. The average molecular weight is 440 g/mol. The molecule has 0 N–H and O–H groups in total. The van der Waals surface area contributed by atoms with Gasteiger partial charge in [0.2, 0.25) is 0 Å². The Bertz CT molecular complexity index is 561. The van der Waals surface area contributed by atoms with Gasteiger partial charge in [-0.3, -0.25) is 18.7 Å². The maximum atomic E-state index is 13.5. The fraction of sp³-hybridized carbons (Fsp3) is 1.00. The van der Waals surface area contributed by atoms with E-state index in [9.17, 15) is 4.57 Å². The molecule has 1 unspecified atom stereocenters. The van der Waals surface area contributed by atoms with Gasteiger partial charge in [-0.2, -0.15) is 0 Å². The molecular formula is C18H47N7OP2. The van der Waals surface area contributed by atoms with E-state index in [1.807, 2.05) is 56.3 Å². The summed E-state index contributed by atoms with van der Waals surface area (Å²) in [4.78, 5) is 0. The molecule has 0 aromatic rings. The summed E-state index contributed by atoms with van der Waals surface area (Å²) in [7, 11) is 15.1. The Morgan fingerprint density at radius 3 is 1.46 bits per heavy atom. The lowest BCUT2D eigenvalue weighted by Crippen LogP contribution is -2.50. The van der Waals surface area contributed by atoms with Crippen molar-refractivity contribution in [2.75, 3.05) is 77.0 Å². The molecule has 0 heterocycles. The Morgan fingerprint density at radius 1 is 0.821 bits per heavy atom. The normalized spacial score (nSPS) is 15.6. The van der Waals surface area contributed by atoms with Crippen LogP contribution in [-0.4, -0.2) is 117 Å². The molecule has 0 radical (unpaired) electrons. The fourth-order valence-electron chi connectivity index (χ4n) is 4.12. The molecule has 0 aromatic carbocycles. The second-order valence-corrected chi connectivity index (χ2v) is 16.0. The molecule has 1 atom stereocenters. The molecule has 0 aromatic heterocycles. The van der Waals surface area contributed by atoms with Crippen molar-refractivity contribution in [1.82, 2.24) is 28.0 Å². The molecule has 0 aliphatic carbocycles. The van der Waals surface area contributed by atoms with E-state index in [-0.39, 0.29) is 11.6 Å². The molecule has 0 saturated heterocycles. The van der Waals surface area contributed by atoms with Crippen LogP contribution in [0.3, 0.4) is 0 Å². The average Bonchev–Trinajstić information content (AvgIpc) is 2.53. The molecule has 0 aliphatic heterocycles. The Morgan fingerprint density at radius 2 is 1.21 bits per heavy atom. The third-order valence-electron chi connectivity index (χ3n) is 5.09. The molecule has 0 rings (SSSR count). The maximum absolute atomic E-state index is 13.5. The Kier molecular flexibility index (Phi) is 10.6. The molecule has 28 heavy (non-hydrogen) atoms. The largest absolute Gasteiger partial charge is 0.285 e. The summed E-state index contributed by atoms with van der Waals surface area (Å²) in [5.74, 6) is 0. The van der Waals surface area contributed by atoms with Crippen LogP contribution in [0.1, 0.15) is 34.1 Å². The first-order chi connectivity index (χ1) is 12.5. The van der Waals surface area contributed by atoms with E-state index in [4.69, 9.17) is 4.74 Å². The van der Waals surface area contributed by atoms with Gasteiger partial charge in [-0.15, -0.1) is 0 Å². The van der Waals surface area contributed by atoms with E-state index in [1.54, 1.807) is 0 Å². The van der Waals surface area contributed by atoms with Gasteiger partial charge >= 0.3 is 0 Å². The third-order valence-corrected chi connectivity index (χ3v) is 12.5. The molecule has 0 fully saturated rings. The van der Waals surface area contributed by atoms with Crippen LogP contribution in [-0.2, 0) is 4.57 Å². The molecule has 0 bridgehead atoms. The standard InChI is InChI=1S/C18H47N7OP2/c1-17(15-16-24(14)28(26,22(10)11)23(12)13)25(18(2,3)4)27(19-5,20(6)7)21(8)9/h17H,15-16H2,1-14H3. The summed E-state index contributed by atoms with van der Waals surface area (Å²) in [5.41, 5.74) is -0.0629. The maximum Gasteiger partial charge on any atom is 0.285 e. The third kappa shape index (κ3) is 5.67. The van der Waals surface area contributed by atoms with Crippen molar-refractivity contribution in [1.29, 1.82) is 0 Å². The molecular weight excluding hydrogens is 392 g/mol. The van der Waals surface area contributed by atoms with Crippen molar-refractivity contribution in [2.24, 2.45) is 4.74 Å². The van der Waals surface area contributed by atoms with Crippen LogP contribution in [0, 0.1) is 0 Å². The number of nitrogens with zero attached hydrogens (tertiary/aromatic N) is 7. The van der Waals surface area contributed by atoms with E-state index < -0.39 is 15.1 Å². The van der Waals surface area contributed by atoms with Crippen molar-refractivity contribution in [3.05, 3.63) is 0 Å². The summed E-state index contributed by atoms with van der Waals surface area (Å²) in [5, 5.41) is 0.